The molecule has 4 aromatic rings. The number of nitrogens with zero attached hydrogens (tertiary/aromatic N) is 3. The highest BCUT2D eigenvalue weighted by Crippen LogP contribution is 2.20. The summed E-state index contributed by atoms with van der Waals surface area (Å²) in [5.74, 6) is 1.26. The second-order valence-corrected chi connectivity index (χ2v) is 7.06. The van der Waals surface area contributed by atoms with Crippen LogP contribution in [0.1, 0.15) is 11.1 Å². The van der Waals surface area contributed by atoms with Gasteiger partial charge in [-0.05, 0) is 19.1 Å². The third-order valence-electron chi connectivity index (χ3n) is 4.05. The number of thiazole rings is 1. The van der Waals surface area contributed by atoms with Gasteiger partial charge in [0.15, 0.2) is 5.82 Å². The van der Waals surface area contributed by atoms with E-state index in [4.69, 9.17) is 4.74 Å². The molecule has 0 aliphatic rings. The van der Waals surface area contributed by atoms with E-state index in [0.29, 0.717) is 27.7 Å². The van der Waals surface area contributed by atoms with Crippen molar-refractivity contribution in [1.82, 2.24) is 14.6 Å². The topological polar surface area (TPSA) is 56.5 Å². The Balaban J connectivity index is 1.76. The van der Waals surface area contributed by atoms with Crippen LogP contribution in [-0.2, 0) is 0 Å². The maximum atomic E-state index is 12.7. The minimum absolute atomic E-state index is 0.181. The van der Waals surface area contributed by atoms with Crippen molar-refractivity contribution in [1.29, 1.82) is 0 Å². The minimum Gasteiger partial charge on any atom is -0.489 e. The van der Waals surface area contributed by atoms with Crippen molar-refractivity contribution < 1.29 is 4.74 Å². The first-order valence-electron chi connectivity index (χ1n) is 8.47. The fourth-order valence-electron chi connectivity index (χ4n) is 2.68. The fraction of sp³-hybridized carbons (Fsp3) is 0.0952. The van der Waals surface area contributed by atoms with Crippen molar-refractivity contribution in [2.45, 2.75) is 6.92 Å². The van der Waals surface area contributed by atoms with Crippen molar-refractivity contribution in [3.8, 4) is 17.1 Å². The average Bonchev–Trinajstić information content (AvgIpc) is 3.21. The Morgan fingerprint density at radius 2 is 1.96 bits per heavy atom. The number of para-hydroxylation sites is 1. The SMILES string of the molecule is C=CCOc1ccccc1/C=c1/sc2nc(-c3ccc(C)cc3)nn2c1=O. The molecule has 2 aromatic heterocycles. The van der Waals surface area contributed by atoms with Crippen LogP contribution in [0.4, 0.5) is 0 Å². The molecule has 0 saturated carbocycles. The molecule has 0 amide bonds. The van der Waals surface area contributed by atoms with E-state index in [-0.39, 0.29) is 5.56 Å². The van der Waals surface area contributed by atoms with Crippen LogP contribution >= 0.6 is 11.3 Å². The monoisotopic (exact) mass is 375 g/mol. The van der Waals surface area contributed by atoms with Gasteiger partial charge in [-0.25, -0.2) is 0 Å². The van der Waals surface area contributed by atoms with Crippen LogP contribution < -0.4 is 14.8 Å². The molecule has 0 fully saturated rings. The van der Waals surface area contributed by atoms with Gasteiger partial charge in [-0.3, -0.25) is 4.79 Å². The number of fused-ring (bicyclic) bond motifs is 1. The van der Waals surface area contributed by atoms with E-state index in [9.17, 15) is 4.79 Å². The van der Waals surface area contributed by atoms with Gasteiger partial charge in [-0.15, -0.1) is 5.10 Å². The predicted molar refractivity (Wildman–Crippen MR) is 108 cm³/mol. The zero-order chi connectivity index (χ0) is 18.8. The molecule has 2 heterocycles. The van der Waals surface area contributed by atoms with Gasteiger partial charge in [-0.2, -0.15) is 9.50 Å². The molecule has 0 saturated heterocycles. The lowest BCUT2D eigenvalue weighted by atomic mass is 10.1. The second-order valence-electron chi connectivity index (χ2n) is 6.05. The molecule has 0 spiro atoms. The number of ether oxygens (including phenoxy) is 1. The molecule has 2 aromatic carbocycles. The standard InChI is InChI=1S/C21H17N3O2S/c1-3-12-26-17-7-5-4-6-16(17)13-18-20(25)24-21(27-18)22-19(23-24)15-10-8-14(2)9-11-15/h3-11,13H,1,12H2,2H3/b18-13+. The summed E-state index contributed by atoms with van der Waals surface area (Å²) in [7, 11) is 0. The molecule has 0 bridgehead atoms. The Labute approximate surface area is 159 Å². The number of hydrogen-bond donors (Lipinski definition) is 0. The lowest BCUT2D eigenvalue weighted by Gasteiger charge is -2.05. The molecular formula is C21H17N3O2S. The van der Waals surface area contributed by atoms with Gasteiger partial charge in [0.25, 0.3) is 5.56 Å². The second kappa shape index (κ2) is 7.17. The van der Waals surface area contributed by atoms with Crippen LogP contribution in [0.25, 0.3) is 22.4 Å². The van der Waals surface area contributed by atoms with E-state index < -0.39 is 0 Å². The Kier molecular flexibility index (Phi) is 4.56. The molecule has 0 unspecified atom stereocenters. The lowest BCUT2D eigenvalue weighted by molar-refractivity contribution is 0.362. The minimum atomic E-state index is -0.181. The average molecular weight is 375 g/mol. The van der Waals surface area contributed by atoms with Gasteiger partial charge in [0, 0.05) is 11.1 Å². The number of aryl methyl sites for hydroxylation is 1. The zero-order valence-electron chi connectivity index (χ0n) is 14.8. The van der Waals surface area contributed by atoms with Crippen LogP contribution in [0, 0.1) is 6.92 Å². The Bertz CT molecular complexity index is 1220. The molecular weight excluding hydrogens is 358 g/mol. The molecule has 0 radical (unpaired) electrons. The smallest absolute Gasteiger partial charge is 0.291 e. The third-order valence-corrected chi connectivity index (χ3v) is 5.01. The number of rotatable bonds is 5. The summed E-state index contributed by atoms with van der Waals surface area (Å²) < 4.78 is 7.58. The zero-order valence-corrected chi connectivity index (χ0v) is 15.6. The summed E-state index contributed by atoms with van der Waals surface area (Å²) in [6, 6.07) is 15.5. The Morgan fingerprint density at radius 3 is 2.70 bits per heavy atom. The highest BCUT2D eigenvalue weighted by Gasteiger charge is 2.12. The summed E-state index contributed by atoms with van der Waals surface area (Å²) in [5, 5.41) is 4.39. The Morgan fingerprint density at radius 1 is 1.19 bits per heavy atom. The highest BCUT2D eigenvalue weighted by molar-refractivity contribution is 7.15. The molecule has 0 aliphatic carbocycles. The predicted octanol–water partition coefficient (Wildman–Crippen LogP) is 3.24. The molecule has 0 N–H and O–H groups in total. The van der Waals surface area contributed by atoms with Gasteiger partial charge in [0.05, 0.1) is 4.53 Å². The van der Waals surface area contributed by atoms with E-state index in [0.717, 1.165) is 11.1 Å². The van der Waals surface area contributed by atoms with E-state index in [1.165, 1.54) is 21.4 Å². The third kappa shape index (κ3) is 3.39. The molecule has 4 rings (SSSR count). The van der Waals surface area contributed by atoms with Gasteiger partial charge in [0.1, 0.15) is 12.4 Å². The first kappa shape index (κ1) is 17.2. The van der Waals surface area contributed by atoms with Crippen molar-refractivity contribution in [2.75, 3.05) is 6.61 Å². The number of hydrogen-bond acceptors (Lipinski definition) is 5. The fourth-order valence-corrected chi connectivity index (χ4v) is 3.58. The molecule has 0 atom stereocenters. The van der Waals surface area contributed by atoms with E-state index >= 15 is 0 Å². The molecule has 0 aliphatic heterocycles. The van der Waals surface area contributed by atoms with E-state index in [2.05, 4.69) is 16.7 Å². The van der Waals surface area contributed by atoms with Crippen LogP contribution in [0.15, 0.2) is 66.0 Å². The normalized spacial score (nSPS) is 11.8. The summed E-state index contributed by atoms with van der Waals surface area (Å²) in [4.78, 5) is 17.8. The largest absolute Gasteiger partial charge is 0.489 e. The van der Waals surface area contributed by atoms with Crippen LogP contribution in [0.5, 0.6) is 5.75 Å². The summed E-state index contributed by atoms with van der Waals surface area (Å²) in [5.41, 5.74) is 2.71. The van der Waals surface area contributed by atoms with E-state index in [1.54, 1.807) is 6.08 Å². The molecule has 134 valence electrons. The van der Waals surface area contributed by atoms with Crippen LogP contribution in [0.2, 0.25) is 0 Å². The van der Waals surface area contributed by atoms with Crippen molar-refractivity contribution >= 4 is 22.4 Å². The maximum Gasteiger partial charge on any atom is 0.291 e. The van der Waals surface area contributed by atoms with Gasteiger partial charge in [-0.1, -0.05) is 72.0 Å². The van der Waals surface area contributed by atoms with E-state index in [1.807, 2.05) is 61.5 Å². The number of benzene rings is 2. The summed E-state index contributed by atoms with van der Waals surface area (Å²) >= 11 is 1.32. The first-order chi connectivity index (χ1) is 13.2. The summed E-state index contributed by atoms with van der Waals surface area (Å²) in [6.07, 6.45) is 3.50. The number of aromatic nitrogens is 3. The lowest BCUT2D eigenvalue weighted by Crippen LogP contribution is -2.23. The quantitative estimate of drug-likeness (QED) is 0.503. The van der Waals surface area contributed by atoms with Gasteiger partial charge >= 0.3 is 0 Å². The maximum absolute atomic E-state index is 12.7. The van der Waals surface area contributed by atoms with Gasteiger partial charge in [0.2, 0.25) is 4.96 Å². The van der Waals surface area contributed by atoms with Gasteiger partial charge < -0.3 is 4.74 Å². The van der Waals surface area contributed by atoms with Crippen LogP contribution in [0.3, 0.4) is 0 Å². The first-order valence-corrected chi connectivity index (χ1v) is 9.28. The van der Waals surface area contributed by atoms with Crippen molar-refractivity contribution in [3.63, 3.8) is 0 Å². The van der Waals surface area contributed by atoms with Crippen molar-refractivity contribution in [2.24, 2.45) is 0 Å². The van der Waals surface area contributed by atoms with Crippen LogP contribution in [-0.4, -0.2) is 21.2 Å². The summed E-state index contributed by atoms with van der Waals surface area (Å²) in [6.45, 7) is 6.09. The molecule has 5 nitrogen and oxygen atoms in total. The molecule has 6 heteroatoms. The van der Waals surface area contributed by atoms with Crippen molar-refractivity contribution in [3.05, 3.63) is 87.2 Å². The molecule has 27 heavy (non-hydrogen) atoms. The Hall–Kier alpha value is -3.25. The highest BCUT2D eigenvalue weighted by atomic mass is 32.1.